The lowest BCUT2D eigenvalue weighted by Gasteiger charge is -2.32. The van der Waals surface area contributed by atoms with Crippen molar-refractivity contribution in [2.24, 2.45) is 0 Å². The van der Waals surface area contributed by atoms with Crippen LogP contribution >= 0.6 is 23.2 Å². The number of rotatable bonds is 4. The minimum Gasteiger partial charge on any atom is -0.339 e. The number of carbonyl (C=O) groups excluding carboxylic acids is 1. The molecule has 0 aliphatic carbocycles. The number of piperidine rings is 1. The molecule has 0 bridgehead atoms. The Labute approximate surface area is 197 Å². The Morgan fingerprint density at radius 2 is 1.82 bits per heavy atom. The summed E-state index contributed by atoms with van der Waals surface area (Å²) in [5.74, 6) is -0.855. The lowest BCUT2D eigenvalue weighted by atomic mass is 9.95. The highest BCUT2D eigenvalue weighted by Crippen LogP contribution is 2.32. The van der Waals surface area contributed by atoms with Gasteiger partial charge in [0.2, 0.25) is 0 Å². The van der Waals surface area contributed by atoms with E-state index in [4.69, 9.17) is 23.2 Å². The molecule has 0 unspecified atom stereocenters. The van der Waals surface area contributed by atoms with Gasteiger partial charge in [-0.25, -0.2) is 9.37 Å². The number of likely N-dealkylation sites (tertiary alicyclic amines) is 1. The van der Waals surface area contributed by atoms with E-state index >= 15 is 0 Å². The zero-order valence-electron chi connectivity index (χ0n) is 17.2. The second kappa shape index (κ2) is 9.35. The van der Waals surface area contributed by atoms with Crippen molar-refractivity contribution in [2.45, 2.75) is 31.5 Å². The molecule has 1 aliphatic rings. The van der Waals surface area contributed by atoms with Gasteiger partial charge < -0.3 is 9.47 Å². The summed E-state index contributed by atoms with van der Waals surface area (Å²) < 4.78 is 55.0. The standard InChI is InChI=1S/C23H19Cl2F4N3O/c24-17-2-3-19(25)15(11-17)13-32-10-7-30-21(32)14-5-8-31(9-6-14)22(33)18-12-16(23(27,28)29)1-4-20(18)26/h1-4,7,10-12,14H,5-6,8-9,13H2. The number of hydrogen-bond donors (Lipinski definition) is 0. The van der Waals surface area contributed by atoms with Gasteiger partial charge in [-0.05, 0) is 54.8 Å². The lowest BCUT2D eigenvalue weighted by molar-refractivity contribution is -0.137. The predicted molar refractivity (Wildman–Crippen MR) is 117 cm³/mol. The summed E-state index contributed by atoms with van der Waals surface area (Å²) in [5, 5.41) is 1.16. The number of imidazole rings is 1. The molecule has 174 valence electrons. The Morgan fingerprint density at radius 3 is 2.52 bits per heavy atom. The zero-order valence-corrected chi connectivity index (χ0v) is 18.8. The third-order valence-electron chi connectivity index (χ3n) is 5.77. The summed E-state index contributed by atoms with van der Waals surface area (Å²) in [7, 11) is 0. The van der Waals surface area contributed by atoms with Crippen LogP contribution in [0.5, 0.6) is 0 Å². The molecule has 3 aromatic rings. The largest absolute Gasteiger partial charge is 0.416 e. The molecule has 1 amide bonds. The molecule has 10 heteroatoms. The predicted octanol–water partition coefficient (Wildman–Crippen LogP) is 6.42. The fourth-order valence-corrected chi connectivity index (χ4v) is 4.41. The monoisotopic (exact) mass is 499 g/mol. The van der Waals surface area contributed by atoms with Crippen molar-refractivity contribution in [1.82, 2.24) is 14.5 Å². The van der Waals surface area contributed by atoms with Crippen molar-refractivity contribution in [3.8, 4) is 0 Å². The first kappa shape index (κ1) is 23.6. The molecule has 1 fully saturated rings. The molecule has 0 N–H and O–H groups in total. The van der Waals surface area contributed by atoms with E-state index in [-0.39, 0.29) is 19.0 Å². The van der Waals surface area contributed by atoms with Crippen LogP contribution in [0.1, 0.15) is 46.1 Å². The highest BCUT2D eigenvalue weighted by molar-refractivity contribution is 6.33. The van der Waals surface area contributed by atoms with E-state index in [0.717, 1.165) is 11.4 Å². The fraction of sp³-hybridized carbons (Fsp3) is 0.304. The first-order valence-electron chi connectivity index (χ1n) is 10.2. The Bertz CT molecular complexity index is 1170. The second-order valence-corrected chi connectivity index (χ2v) is 8.75. The van der Waals surface area contributed by atoms with E-state index in [9.17, 15) is 22.4 Å². The summed E-state index contributed by atoms with van der Waals surface area (Å²) in [6.45, 7) is 1.04. The van der Waals surface area contributed by atoms with Crippen molar-refractivity contribution in [3.63, 3.8) is 0 Å². The van der Waals surface area contributed by atoms with Gasteiger partial charge in [0.25, 0.3) is 5.91 Å². The smallest absolute Gasteiger partial charge is 0.339 e. The van der Waals surface area contributed by atoms with Gasteiger partial charge in [-0.15, -0.1) is 0 Å². The van der Waals surface area contributed by atoms with Crippen LogP contribution < -0.4 is 0 Å². The molecule has 0 radical (unpaired) electrons. The van der Waals surface area contributed by atoms with Gasteiger partial charge >= 0.3 is 6.18 Å². The number of carbonyl (C=O) groups is 1. The molecular formula is C23H19Cl2F4N3O. The maximum atomic E-state index is 14.1. The van der Waals surface area contributed by atoms with Crippen molar-refractivity contribution < 1.29 is 22.4 Å². The molecule has 4 rings (SSSR count). The highest BCUT2D eigenvalue weighted by Gasteiger charge is 2.33. The van der Waals surface area contributed by atoms with Crippen LogP contribution in [0.25, 0.3) is 0 Å². The minimum atomic E-state index is -4.65. The van der Waals surface area contributed by atoms with Gasteiger partial charge in [-0.2, -0.15) is 13.2 Å². The Kier molecular flexibility index (Phi) is 6.68. The van der Waals surface area contributed by atoms with E-state index in [0.29, 0.717) is 47.6 Å². The van der Waals surface area contributed by atoms with Crippen molar-refractivity contribution in [3.05, 3.63) is 87.2 Å². The summed E-state index contributed by atoms with van der Waals surface area (Å²) in [5.41, 5.74) is -0.778. The molecule has 2 aromatic carbocycles. The molecule has 33 heavy (non-hydrogen) atoms. The molecule has 0 atom stereocenters. The second-order valence-electron chi connectivity index (χ2n) is 7.91. The van der Waals surface area contributed by atoms with Crippen molar-refractivity contribution in [2.75, 3.05) is 13.1 Å². The van der Waals surface area contributed by atoms with E-state index in [1.54, 1.807) is 24.4 Å². The van der Waals surface area contributed by atoms with Gasteiger partial charge in [-0.3, -0.25) is 4.79 Å². The van der Waals surface area contributed by atoms with Crippen LogP contribution in [-0.4, -0.2) is 33.4 Å². The number of aromatic nitrogens is 2. The Balaban J connectivity index is 1.46. The van der Waals surface area contributed by atoms with Crippen LogP contribution in [0, 0.1) is 5.82 Å². The van der Waals surface area contributed by atoms with Gasteiger partial charge in [-0.1, -0.05) is 23.2 Å². The SMILES string of the molecule is O=C(c1cc(C(F)(F)F)ccc1F)N1CCC(c2nccn2Cc2cc(Cl)ccc2Cl)CC1. The molecule has 1 aliphatic heterocycles. The van der Waals surface area contributed by atoms with Crippen LogP contribution in [0.4, 0.5) is 17.6 Å². The maximum absolute atomic E-state index is 14.1. The minimum absolute atomic E-state index is 0.0355. The summed E-state index contributed by atoms with van der Waals surface area (Å²) >= 11 is 12.4. The van der Waals surface area contributed by atoms with Crippen LogP contribution in [0.15, 0.2) is 48.8 Å². The van der Waals surface area contributed by atoms with Gasteiger partial charge in [0.1, 0.15) is 11.6 Å². The molecule has 4 nitrogen and oxygen atoms in total. The van der Waals surface area contributed by atoms with Gasteiger partial charge in [0.05, 0.1) is 17.7 Å². The number of alkyl halides is 3. The lowest BCUT2D eigenvalue weighted by Crippen LogP contribution is -2.39. The summed E-state index contributed by atoms with van der Waals surface area (Å²) in [4.78, 5) is 18.6. The van der Waals surface area contributed by atoms with E-state index < -0.39 is 29.0 Å². The summed E-state index contributed by atoms with van der Waals surface area (Å²) in [6, 6.07) is 7.11. The average molecular weight is 500 g/mol. The fourth-order valence-electron chi connectivity index (χ4n) is 4.04. The zero-order chi connectivity index (χ0) is 23.8. The molecule has 1 aromatic heterocycles. The molecule has 0 saturated carbocycles. The van der Waals surface area contributed by atoms with Crippen molar-refractivity contribution in [1.29, 1.82) is 0 Å². The molecule has 2 heterocycles. The van der Waals surface area contributed by atoms with Crippen molar-refractivity contribution >= 4 is 29.1 Å². The molecule has 1 saturated heterocycles. The Hall–Kier alpha value is -2.58. The van der Waals surface area contributed by atoms with Gasteiger partial charge in [0, 0.05) is 41.4 Å². The number of amides is 1. The molecule has 0 spiro atoms. The van der Waals surface area contributed by atoms with Gasteiger partial charge in [0.15, 0.2) is 0 Å². The topological polar surface area (TPSA) is 38.1 Å². The number of benzene rings is 2. The first-order valence-corrected chi connectivity index (χ1v) is 11.0. The van der Waals surface area contributed by atoms with Crippen LogP contribution in [-0.2, 0) is 12.7 Å². The van der Waals surface area contributed by atoms with Crippen LogP contribution in [0.3, 0.4) is 0 Å². The number of hydrogen-bond acceptors (Lipinski definition) is 2. The van der Waals surface area contributed by atoms with E-state index in [1.807, 2.05) is 10.8 Å². The van der Waals surface area contributed by atoms with E-state index in [1.165, 1.54) is 4.90 Å². The van der Waals surface area contributed by atoms with Crippen LogP contribution in [0.2, 0.25) is 10.0 Å². The maximum Gasteiger partial charge on any atom is 0.416 e. The highest BCUT2D eigenvalue weighted by atomic mass is 35.5. The average Bonchev–Trinajstić information content (AvgIpc) is 3.23. The first-order chi connectivity index (χ1) is 15.6. The third kappa shape index (κ3) is 5.17. The van der Waals surface area contributed by atoms with E-state index in [2.05, 4.69) is 4.98 Å². The normalized spacial score (nSPS) is 15.2. The number of halogens is 6. The molecular weight excluding hydrogens is 481 g/mol. The third-order valence-corrected chi connectivity index (χ3v) is 6.37. The summed E-state index contributed by atoms with van der Waals surface area (Å²) in [6.07, 6.45) is -0.0384. The quantitative estimate of drug-likeness (QED) is 0.388. The Morgan fingerprint density at radius 1 is 1.09 bits per heavy atom. The number of nitrogens with zero attached hydrogens (tertiary/aromatic N) is 3.